The van der Waals surface area contributed by atoms with Gasteiger partial charge in [0.2, 0.25) is 0 Å². The first-order valence-corrected chi connectivity index (χ1v) is 8.34. The third kappa shape index (κ3) is 5.54. The number of aliphatic hydroxyl groups excluding tert-OH is 1. The van der Waals surface area contributed by atoms with E-state index in [-0.39, 0.29) is 12.4 Å². The minimum Gasteiger partial charge on any atom is -0.463 e. The van der Waals surface area contributed by atoms with Crippen LogP contribution in [0.3, 0.4) is 0 Å². The lowest BCUT2D eigenvalue weighted by Crippen LogP contribution is -2.66. The Labute approximate surface area is 159 Å². The Balaban J connectivity index is 2.29. The number of carbonyl (C=O) groups is 4. The van der Waals surface area contributed by atoms with Gasteiger partial charge in [-0.25, -0.2) is 0 Å². The minimum absolute atomic E-state index is 0.0557. The topological polar surface area (TPSA) is 151 Å². The second-order valence-electron chi connectivity index (χ2n) is 5.99. The Morgan fingerprint density at radius 1 is 1.07 bits per heavy atom. The van der Waals surface area contributed by atoms with Crippen molar-refractivity contribution in [2.75, 3.05) is 6.61 Å². The maximum absolute atomic E-state index is 12.3. The second kappa shape index (κ2) is 9.33. The van der Waals surface area contributed by atoms with Crippen LogP contribution in [-0.2, 0) is 33.3 Å². The first-order chi connectivity index (χ1) is 13.2. The number of hydrogen-bond acceptors (Lipinski definition) is 10. The van der Waals surface area contributed by atoms with E-state index < -0.39 is 54.5 Å². The molecule has 1 aliphatic heterocycles. The molecule has 0 saturated carbocycles. The van der Waals surface area contributed by atoms with Crippen LogP contribution in [0.5, 0.6) is 0 Å². The van der Waals surface area contributed by atoms with Gasteiger partial charge in [-0.2, -0.15) is 0 Å². The average Bonchev–Trinajstić information content (AvgIpc) is 3.12. The van der Waals surface area contributed by atoms with E-state index in [1.807, 2.05) is 0 Å². The number of rotatable bonds is 6. The predicted molar refractivity (Wildman–Crippen MR) is 88.6 cm³/mol. The van der Waals surface area contributed by atoms with Gasteiger partial charge in [0, 0.05) is 20.8 Å². The molecule has 0 spiro atoms. The van der Waals surface area contributed by atoms with Crippen molar-refractivity contribution in [3.8, 4) is 0 Å². The quantitative estimate of drug-likeness (QED) is 0.474. The van der Waals surface area contributed by atoms with Gasteiger partial charge in [0.1, 0.15) is 18.8 Å². The molecule has 0 unspecified atom stereocenters. The van der Waals surface area contributed by atoms with Crippen molar-refractivity contribution >= 4 is 23.8 Å². The predicted octanol–water partition coefficient (Wildman–Crippen LogP) is -0.478. The summed E-state index contributed by atoms with van der Waals surface area (Å²) in [5, 5.41) is 12.8. The van der Waals surface area contributed by atoms with Gasteiger partial charge < -0.3 is 33.8 Å². The fraction of sp³-hybridized carbons (Fsp3) is 0.529. The van der Waals surface area contributed by atoms with Crippen molar-refractivity contribution in [3.63, 3.8) is 0 Å². The summed E-state index contributed by atoms with van der Waals surface area (Å²) in [6.45, 7) is 3.02. The number of carbonyl (C=O) groups excluding carboxylic acids is 4. The molecule has 28 heavy (non-hydrogen) atoms. The first kappa shape index (κ1) is 21.4. The monoisotopic (exact) mass is 399 g/mol. The highest BCUT2D eigenvalue weighted by atomic mass is 16.7. The smallest absolute Gasteiger partial charge is 0.303 e. The molecule has 0 aromatic carbocycles. The summed E-state index contributed by atoms with van der Waals surface area (Å²) in [4.78, 5) is 46.5. The Morgan fingerprint density at radius 3 is 2.25 bits per heavy atom. The molecule has 1 fully saturated rings. The lowest BCUT2D eigenvalue weighted by Gasteiger charge is -2.43. The molecule has 11 heteroatoms. The number of nitrogens with one attached hydrogen (secondary N) is 1. The third-order valence-electron chi connectivity index (χ3n) is 3.76. The van der Waals surface area contributed by atoms with E-state index in [4.69, 9.17) is 23.4 Å². The van der Waals surface area contributed by atoms with Crippen LogP contribution in [0.4, 0.5) is 0 Å². The zero-order valence-corrected chi connectivity index (χ0v) is 15.4. The van der Waals surface area contributed by atoms with Crippen molar-refractivity contribution in [2.24, 2.45) is 0 Å². The number of esters is 3. The molecule has 11 nitrogen and oxygen atoms in total. The maximum atomic E-state index is 12.3. The summed E-state index contributed by atoms with van der Waals surface area (Å²) in [7, 11) is 0. The lowest BCUT2D eigenvalue weighted by molar-refractivity contribution is -0.263. The standard InChI is InChI=1S/C17H21NO10/c1-8(19)25-7-12-14(26-9(2)20)15(27-10(3)21)13(17(23)28-12)18-16(22)11-5-4-6-24-11/h4-6,12-15,17,23H,7H2,1-3H3,(H,18,22)/t12-,13-,14+,15+,17+/m0/s1. The molecular formula is C17H21NO10. The molecule has 2 rings (SSSR count). The Kier molecular flexibility index (Phi) is 7.12. The molecule has 1 aliphatic rings. The van der Waals surface area contributed by atoms with Gasteiger partial charge in [0.05, 0.1) is 6.26 Å². The van der Waals surface area contributed by atoms with Crippen LogP contribution < -0.4 is 5.32 Å². The highest BCUT2D eigenvalue weighted by molar-refractivity contribution is 5.91. The highest BCUT2D eigenvalue weighted by Crippen LogP contribution is 2.26. The second-order valence-corrected chi connectivity index (χ2v) is 5.99. The van der Waals surface area contributed by atoms with Crippen LogP contribution in [-0.4, -0.2) is 66.2 Å². The zero-order valence-electron chi connectivity index (χ0n) is 15.4. The van der Waals surface area contributed by atoms with Gasteiger partial charge in [-0.3, -0.25) is 19.2 Å². The summed E-state index contributed by atoms with van der Waals surface area (Å²) in [5.74, 6) is -2.88. The largest absolute Gasteiger partial charge is 0.463 e. The van der Waals surface area contributed by atoms with E-state index in [0.717, 1.165) is 20.8 Å². The van der Waals surface area contributed by atoms with Gasteiger partial charge in [0.15, 0.2) is 24.3 Å². The Morgan fingerprint density at radius 2 is 1.71 bits per heavy atom. The van der Waals surface area contributed by atoms with E-state index in [1.165, 1.54) is 18.4 Å². The van der Waals surface area contributed by atoms with Crippen LogP contribution in [0.2, 0.25) is 0 Å². The molecule has 0 radical (unpaired) electrons. The average molecular weight is 399 g/mol. The van der Waals surface area contributed by atoms with Gasteiger partial charge >= 0.3 is 17.9 Å². The van der Waals surface area contributed by atoms with Crippen molar-refractivity contribution in [2.45, 2.75) is 51.4 Å². The fourth-order valence-corrected chi connectivity index (χ4v) is 2.70. The highest BCUT2D eigenvalue weighted by Gasteiger charge is 2.50. The number of aliphatic hydroxyl groups is 1. The zero-order chi connectivity index (χ0) is 20.8. The van der Waals surface area contributed by atoms with Gasteiger partial charge in [-0.15, -0.1) is 0 Å². The number of hydrogen-bond donors (Lipinski definition) is 2. The molecule has 5 atom stereocenters. The van der Waals surface area contributed by atoms with Crippen LogP contribution in [0.1, 0.15) is 31.3 Å². The molecular weight excluding hydrogens is 378 g/mol. The SMILES string of the molecule is CC(=O)OC[C@@H]1O[C@@H](O)[C@@H](NC(=O)c2ccco2)[C@@H](OC(C)=O)[C@@H]1OC(C)=O. The summed E-state index contributed by atoms with van der Waals surface area (Å²) in [6.07, 6.45) is -4.08. The third-order valence-corrected chi connectivity index (χ3v) is 3.76. The molecule has 2 heterocycles. The van der Waals surface area contributed by atoms with Crippen LogP contribution in [0, 0.1) is 0 Å². The fourth-order valence-electron chi connectivity index (χ4n) is 2.70. The first-order valence-electron chi connectivity index (χ1n) is 8.34. The molecule has 1 aromatic rings. The normalized spacial score (nSPS) is 26.8. The summed E-state index contributed by atoms with van der Waals surface area (Å²) in [5.41, 5.74) is 0. The van der Waals surface area contributed by atoms with E-state index in [9.17, 15) is 24.3 Å². The van der Waals surface area contributed by atoms with Crippen LogP contribution >= 0.6 is 0 Å². The van der Waals surface area contributed by atoms with E-state index in [1.54, 1.807) is 0 Å². The van der Waals surface area contributed by atoms with Gasteiger partial charge in [-0.1, -0.05) is 0 Å². The number of furan rings is 1. The lowest BCUT2D eigenvalue weighted by atomic mass is 9.96. The summed E-state index contributed by atoms with van der Waals surface area (Å²) in [6, 6.07) is 1.59. The van der Waals surface area contributed by atoms with Gasteiger partial charge in [-0.05, 0) is 12.1 Å². The molecule has 1 aromatic heterocycles. The van der Waals surface area contributed by atoms with E-state index in [2.05, 4.69) is 5.32 Å². The van der Waals surface area contributed by atoms with Crippen molar-refractivity contribution in [3.05, 3.63) is 24.2 Å². The van der Waals surface area contributed by atoms with E-state index in [0.29, 0.717) is 0 Å². The Bertz CT molecular complexity index is 716. The molecule has 0 aliphatic carbocycles. The Hall–Kier alpha value is -2.92. The number of amides is 1. The maximum Gasteiger partial charge on any atom is 0.303 e. The van der Waals surface area contributed by atoms with Crippen molar-refractivity contribution < 1.29 is 47.6 Å². The molecule has 154 valence electrons. The molecule has 1 amide bonds. The van der Waals surface area contributed by atoms with Crippen LogP contribution in [0.15, 0.2) is 22.8 Å². The van der Waals surface area contributed by atoms with Crippen molar-refractivity contribution in [1.29, 1.82) is 0 Å². The van der Waals surface area contributed by atoms with Gasteiger partial charge in [0.25, 0.3) is 5.91 Å². The van der Waals surface area contributed by atoms with E-state index >= 15 is 0 Å². The molecule has 2 N–H and O–H groups in total. The van der Waals surface area contributed by atoms with Crippen molar-refractivity contribution in [1.82, 2.24) is 5.32 Å². The molecule has 1 saturated heterocycles. The summed E-state index contributed by atoms with van der Waals surface area (Å²) >= 11 is 0. The molecule has 0 bridgehead atoms. The number of ether oxygens (including phenoxy) is 4. The van der Waals surface area contributed by atoms with Crippen LogP contribution in [0.25, 0.3) is 0 Å². The summed E-state index contributed by atoms with van der Waals surface area (Å²) < 4.78 is 25.6. The minimum atomic E-state index is -1.66.